The Labute approximate surface area is 65.5 Å². The van der Waals surface area contributed by atoms with Gasteiger partial charge in [0.15, 0.2) is 5.78 Å². The van der Waals surface area contributed by atoms with Crippen LogP contribution in [0.25, 0.3) is 0 Å². The fourth-order valence-corrected chi connectivity index (χ4v) is 0.750. The van der Waals surface area contributed by atoms with E-state index >= 15 is 0 Å². The fraction of sp³-hybridized carbons (Fsp3) is 0.222. The van der Waals surface area contributed by atoms with Crippen molar-refractivity contribution in [2.45, 2.75) is 13.8 Å². The number of carbonyl (C=O) groups is 1. The van der Waals surface area contributed by atoms with E-state index in [0.29, 0.717) is 5.56 Å². The summed E-state index contributed by atoms with van der Waals surface area (Å²) in [6.45, 7) is 3.77. The third-order valence-corrected chi connectivity index (χ3v) is 1.23. The molecule has 0 fully saturated rings. The summed E-state index contributed by atoms with van der Waals surface area (Å²) in [5.74, 6) is -0.00116. The van der Waals surface area contributed by atoms with Gasteiger partial charge in [0.2, 0.25) is 0 Å². The topological polar surface area (TPSA) is 30.2 Å². The Kier molecular flexibility index (Phi) is 2.26. The van der Waals surface area contributed by atoms with Gasteiger partial charge in [-0.2, -0.15) is 0 Å². The van der Waals surface area contributed by atoms with Gasteiger partial charge in [-0.25, -0.2) is 0 Å². The van der Waals surface area contributed by atoms with Crippen molar-refractivity contribution < 1.29 is 9.21 Å². The Morgan fingerprint density at radius 3 is 2.73 bits per heavy atom. The minimum Gasteiger partial charge on any atom is -0.472 e. The number of carbonyl (C=O) groups excluding carboxylic acids is 1. The van der Waals surface area contributed by atoms with Crippen molar-refractivity contribution in [3.63, 3.8) is 0 Å². The number of furan rings is 1. The Morgan fingerprint density at radius 1 is 1.55 bits per heavy atom. The molecular weight excluding hydrogens is 140 g/mol. The second kappa shape index (κ2) is 3.19. The lowest BCUT2D eigenvalue weighted by Gasteiger charge is -1.88. The first kappa shape index (κ1) is 7.79. The second-order valence-electron chi connectivity index (χ2n) is 2.60. The Balaban J connectivity index is 2.80. The molecule has 2 heteroatoms. The molecule has 2 nitrogen and oxygen atoms in total. The smallest absolute Gasteiger partial charge is 0.188 e. The van der Waals surface area contributed by atoms with Crippen LogP contribution in [-0.2, 0) is 0 Å². The SMILES string of the molecule is CC(C)=CC(=O)c1ccoc1. The predicted octanol–water partition coefficient (Wildman–Crippen LogP) is 2.43. The Bertz CT molecular complexity index is 264. The van der Waals surface area contributed by atoms with E-state index in [0.717, 1.165) is 5.57 Å². The summed E-state index contributed by atoms with van der Waals surface area (Å²) in [6.07, 6.45) is 4.53. The maximum Gasteiger partial charge on any atom is 0.188 e. The van der Waals surface area contributed by atoms with E-state index in [2.05, 4.69) is 0 Å². The molecule has 0 bridgehead atoms. The Morgan fingerprint density at radius 2 is 2.27 bits per heavy atom. The van der Waals surface area contributed by atoms with Crippen LogP contribution in [0.4, 0.5) is 0 Å². The zero-order valence-electron chi connectivity index (χ0n) is 6.63. The summed E-state index contributed by atoms with van der Waals surface area (Å²) in [5.41, 5.74) is 1.60. The molecule has 1 rings (SSSR count). The van der Waals surface area contributed by atoms with E-state index in [1.165, 1.54) is 12.5 Å². The molecule has 0 aliphatic heterocycles. The van der Waals surface area contributed by atoms with Gasteiger partial charge >= 0.3 is 0 Å². The molecule has 0 aliphatic carbocycles. The molecule has 1 aromatic rings. The van der Waals surface area contributed by atoms with E-state index < -0.39 is 0 Å². The molecule has 0 aliphatic rings. The average molecular weight is 150 g/mol. The highest BCUT2D eigenvalue weighted by Gasteiger charge is 2.01. The van der Waals surface area contributed by atoms with Crippen molar-refractivity contribution in [1.29, 1.82) is 0 Å². The standard InChI is InChI=1S/C9H10O2/c1-7(2)5-9(10)8-3-4-11-6-8/h3-6H,1-2H3. The molecule has 0 aromatic carbocycles. The van der Waals surface area contributed by atoms with Gasteiger partial charge in [0.25, 0.3) is 0 Å². The molecule has 0 spiro atoms. The first-order valence-corrected chi connectivity index (χ1v) is 3.41. The molecule has 11 heavy (non-hydrogen) atoms. The zero-order valence-corrected chi connectivity index (χ0v) is 6.63. The molecule has 0 atom stereocenters. The molecule has 0 N–H and O–H groups in total. The van der Waals surface area contributed by atoms with E-state index in [1.807, 2.05) is 13.8 Å². The van der Waals surface area contributed by atoms with Crippen LogP contribution in [0.1, 0.15) is 24.2 Å². The largest absolute Gasteiger partial charge is 0.472 e. The van der Waals surface area contributed by atoms with Gasteiger partial charge in [0, 0.05) is 0 Å². The van der Waals surface area contributed by atoms with Crippen molar-refractivity contribution in [2.75, 3.05) is 0 Å². The van der Waals surface area contributed by atoms with Crippen LogP contribution in [0.2, 0.25) is 0 Å². The minimum absolute atomic E-state index is 0.00116. The van der Waals surface area contributed by atoms with Gasteiger partial charge in [0.1, 0.15) is 6.26 Å². The summed E-state index contributed by atoms with van der Waals surface area (Å²) < 4.78 is 4.77. The van der Waals surface area contributed by atoms with Gasteiger partial charge < -0.3 is 4.42 Å². The number of rotatable bonds is 2. The zero-order chi connectivity index (χ0) is 8.27. The second-order valence-corrected chi connectivity index (χ2v) is 2.60. The number of hydrogen-bond acceptors (Lipinski definition) is 2. The number of allylic oxidation sites excluding steroid dienone is 2. The van der Waals surface area contributed by atoms with Crippen molar-refractivity contribution >= 4 is 5.78 Å². The average Bonchev–Trinajstić information content (AvgIpc) is 2.35. The van der Waals surface area contributed by atoms with E-state index in [9.17, 15) is 4.79 Å². The summed E-state index contributed by atoms with van der Waals surface area (Å²) in [4.78, 5) is 11.2. The molecule has 1 aromatic heterocycles. The molecule has 0 saturated heterocycles. The molecule has 0 saturated carbocycles. The van der Waals surface area contributed by atoms with Gasteiger partial charge in [-0.05, 0) is 26.0 Å². The van der Waals surface area contributed by atoms with Crippen LogP contribution in [0.15, 0.2) is 34.7 Å². The van der Waals surface area contributed by atoms with Crippen LogP contribution in [0, 0.1) is 0 Å². The number of hydrogen-bond donors (Lipinski definition) is 0. The normalized spacial score (nSPS) is 9.27. The van der Waals surface area contributed by atoms with E-state index in [-0.39, 0.29) is 5.78 Å². The van der Waals surface area contributed by atoms with Gasteiger partial charge in [-0.3, -0.25) is 4.79 Å². The van der Waals surface area contributed by atoms with Crippen molar-refractivity contribution in [1.82, 2.24) is 0 Å². The lowest BCUT2D eigenvalue weighted by atomic mass is 10.2. The molecule has 0 unspecified atom stereocenters. The summed E-state index contributed by atoms with van der Waals surface area (Å²) in [7, 11) is 0. The first-order chi connectivity index (χ1) is 5.20. The van der Waals surface area contributed by atoms with Gasteiger partial charge in [-0.1, -0.05) is 5.57 Å². The highest BCUT2D eigenvalue weighted by molar-refractivity contribution is 6.04. The van der Waals surface area contributed by atoms with Crippen LogP contribution in [-0.4, -0.2) is 5.78 Å². The van der Waals surface area contributed by atoms with Crippen molar-refractivity contribution in [2.24, 2.45) is 0 Å². The first-order valence-electron chi connectivity index (χ1n) is 3.41. The monoisotopic (exact) mass is 150 g/mol. The lowest BCUT2D eigenvalue weighted by molar-refractivity contribution is 0.104. The minimum atomic E-state index is -0.00116. The number of ketones is 1. The predicted molar refractivity (Wildman–Crippen MR) is 42.5 cm³/mol. The quantitative estimate of drug-likeness (QED) is 0.478. The Hall–Kier alpha value is -1.31. The highest BCUT2D eigenvalue weighted by atomic mass is 16.3. The van der Waals surface area contributed by atoms with Crippen LogP contribution >= 0.6 is 0 Å². The van der Waals surface area contributed by atoms with E-state index in [1.54, 1.807) is 12.1 Å². The summed E-state index contributed by atoms with van der Waals surface area (Å²) >= 11 is 0. The molecule has 0 radical (unpaired) electrons. The summed E-state index contributed by atoms with van der Waals surface area (Å²) in [5, 5.41) is 0. The molecular formula is C9H10O2. The van der Waals surface area contributed by atoms with Gasteiger partial charge in [0.05, 0.1) is 11.8 Å². The third-order valence-electron chi connectivity index (χ3n) is 1.23. The molecule has 58 valence electrons. The van der Waals surface area contributed by atoms with Crippen molar-refractivity contribution in [3.8, 4) is 0 Å². The van der Waals surface area contributed by atoms with Crippen LogP contribution in [0.3, 0.4) is 0 Å². The fourth-order valence-electron chi connectivity index (χ4n) is 0.750. The third kappa shape index (κ3) is 2.08. The highest BCUT2D eigenvalue weighted by Crippen LogP contribution is 2.03. The maximum atomic E-state index is 11.2. The van der Waals surface area contributed by atoms with E-state index in [4.69, 9.17) is 4.42 Å². The molecule has 0 amide bonds. The lowest BCUT2D eigenvalue weighted by Crippen LogP contribution is -1.91. The summed E-state index contributed by atoms with van der Waals surface area (Å²) in [6, 6.07) is 1.65. The van der Waals surface area contributed by atoms with Crippen LogP contribution < -0.4 is 0 Å². The van der Waals surface area contributed by atoms with Gasteiger partial charge in [-0.15, -0.1) is 0 Å². The molecule has 1 heterocycles. The maximum absolute atomic E-state index is 11.2. The van der Waals surface area contributed by atoms with Crippen molar-refractivity contribution in [3.05, 3.63) is 35.8 Å². The van der Waals surface area contributed by atoms with Crippen LogP contribution in [0.5, 0.6) is 0 Å².